The fourth-order valence-corrected chi connectivity index (χ4v) is 0.497. The smallest absolute Gasteiger partial charge is 0.0814 e. The van der Waals surface area contributed by atoms with Crippen molar-refractivity contribution in [3.05, 3.63) is 23.5 Å². The summed E-state index contributed by atoms with van der Waals surface area (Å²) in [5, 5.41) is 0. The summed E-state index contributed by atoms with van der Waals surface area (Å²) in [7, 11) is 0. The molecule has 1 heterocycles. The zero-order chi connectivity index (χ0) is 7.56. The summed E-state index contributed by atoms with van der Waals surface area (Å²) in [6.07, 6.45) is 5.65. The molecule has 0 atom stereocenters. The second kappa shape index (κ2) is 2.69. The molecule has 2 heteroatoms. The highest BCUT2D eigenvalue weighted by atomic mass is 14.9. The number of rotatable bonds is 2. The van der Waals surface area contributed by atoms with E-state index in [1.165, 1.54) is 0 Å². The Kier molecular flexibility index (Phi) is 1.90. The van der Waals surface area contributed by atoms with Crippen molar-refractivity contribution in [2.75, 3.05) is 0 Å². The molecule has 0 fully saturated rings. The number of hydrogen-bond donors (Lipinski definition) is 1. The molecule has 0 amide bonds. The predicted molar refractivity (Wildman–Crippen MR) is 43.7 cm³/mol. The lowest BCUT2D eigenvalue weighted by molar-refractivity contribution is 0.757. The van der Waals surface area contributed by atoms with Crippen LogP contribution in [0.1, 0.15) is 13.8 Å². The Labute approximate surface area is 61.1 Å². The molecule has 10 heavy (non-hydrogen) atoms. The van der Waals surface area contributed by atoms with Crippen LogP contribution in [-0.4, -0.2) is 6.21 Å². The quantitative estimate of drug-likeness (QED) is 0.613. The van der Waals surface area contributed by atoms with E-state index in [1.807, 2.05) is 18.4 Å². The van der Waals surface area contributed by atoms with Gasteiger partial charge in [0.1, 0.15) is 0 Å². The van der Waals surface area contributed by atoms with Crippen molar-refractivity contribution in [3.8, 4) is 0 Å². The normalized spacial score (nSPS) is 20.7. The minimum Gasteiger partial charge on any atom is -0.402 e. The summed E-state index contributed by atoms with van der Waals surface area (Å²) in [6.45, 7) is 4.14. The van der Waals surface area contributed by atoms with Crippen molar-refractivity contribution in [2.24, 2.45) is 16.6 Å². The maximum atomic E-state index is 5.65. The zero-order valence-corrected chi connectivity index (χ0v) is 6.33. The first-order valence-electron chi connectivity index (χ1n) is 3.41. The second-order valence-electron chi connectivity index (χ2n) is 2.67. The Hall–Kier alpha value is -1.05. The number of aliphatic imine (C=N–C) groups is 1. The molecule has 0 spiro atoms. The van der Waals surface area contributed by atoms with Crippen molar-refractivity contribution in [1.82, 2.24) is 0 Å². The van der Waals surface area contributed by atoms with Crippen molar-refractivity contribution < 1.29 is 0 Å². The highest BCUT2D eigenvalue weighted by Gasteiger charge is 1.99. The number of allylic oxidation sites excluding steroid dienone is 4. The number of nitrogens with two attached hydrogens (primary N) is 1. The third kappa shape index (κ3) is 2.05. The fraction of sp³-hybridized carbons (Fsp3) is 0.375. The number of hydrogen-bond acceptors (Lipinski definition) is 2. The predicted octanol–water partition coefficient (Wildman–Crippen LogP) is 1.45. The van der Waals surface area contributed by atoms with Gasteiger partial charge in [-0.05, 0) is 18.1 Å². The Morgan fingerprint density at radius 1 is 1.70 bits per heavy atom. The van der Waals surface area contributed by atoms with Crippen LogP contribution < -0.4 is 5.73 Å². The third-order valence-corrected chi connectivity index (χ3v) is 1.39. The van der Waals surface area contributed by atoms with Gasteiger partial charge in [0.25, 0.3) is 0 Å². The standard InChI is InChI=1S/C8H12N2/c1-6(2)8(9)4-3-7-5-10-7/h3-6H,9H2,1-2H3/b7-3+,8-4-. The summed E-state index contributed by atoms with van der Waals surface area (Å²) in [4.78, 5) is 3.87. The van der Waals surface area contributed by atoms with E-state index in [4.69, 9.17) is 5.73 Å². The van der Waals surface area contributed by atoms with Crippen LogP contribution in [0.2, 0.25) is 0 Å². The van der Waals surface area contributed by atoms with Crippen molar-refractivity contribution in [1.29, 1.82) is 0 Å². The van der Waals surface area contributed by atoms with Crippen LogP contribution in [0.3, 0.4) is 0 Å². The topological polar surface area (TPSA) is 38.4 Å². The van der Waals surface area contributed by atoms with Crippen LogP contribution >= 0.6 is 0 Å². The molecule has 0 aromatic carbocycles. The monoisotopic (exact) mass is 136 g/mol. The largest absolute Gasteiger partial charge is 0.402 e. The minimum atomic E-state index is 0.426. The maximum Gasteiger partial charge on any atom is 0.0814 e. The van der Waals surface area contributed by atoms with Crippen LogP contribution in [0, 0.1) is 5.92 Å². The SMILES string of the molecule is CC(C)/C(N)=C/C=C1C=N\1. The van der Waals surface area contributed by atoms with Gasteiger partial charge in [0, 0.05) is 5.70 Å². The third-order valence-electron chi connectivity index (χ3n) is 1.39. The van der Waals surface area contributed by atoms with Crippen LogP contribution in [-0.2, 0) is 0 Å². The molecule has 1 aliphatic rings. The van der Waals surface area contributed by atoms with E-state index in [0.717, 1.165) is 11.4 Å². The van der Waals surface area contributed by atoms with Gasteiger partial charge in [0.05, 0.1) is 11.9 Å². The van der Waals surface area contributed by atoms with Crippen LogP contribution in [0.25, 0.3) is 0 Å². The first kappa shape index (κ1) is 7.06. The molecular weight excluding hydrogens is 124 g/mol. The molecule has 0 aromatic rings. The maximum absolute atomic E-state index is 5.65. The van der Waals surface area contributed by atoms with E-state index in [0.29, 0.717) is 5.92 Å². The van der Waals surface area contributed by atoms with Crippen LogP contribution in [0.5, 0.6) is 0 Å². The summed E-state index contributed by atoms with van der Waals surface area (Å²) in [5.41, 5.74) is 7.59. The van der Waals surface area contributed by atoms with Gasteiger partial charge in [-0.25, -0.2) is 0 Å². The molecule has 54 valence electrons. The Morgan fingerprint density at radius 2 is 2.30 bits per heavy atom. The van der Waals surface area contributed by atoms with E-state index in [2.05, 4.69) is 18.8 Å². The Bertz CT molecular complexity index is 201. The van der Waals surface area contributed by atoms with Crippen molar-refractivity contribution >= 4 is 6.21 Å². The van der Waals surface area contributed by atoms with Crippen molar-refractivity contribution in [2.45, 2.75) is 13.8 Å². The lowest BCUT2D eigenvalue weighted by atomic mass is 10.1. The van der Waals surface area contributed by atoms with E-state index in [9.17, 15) is 0 Å². The Morgan fingerprint density at radius 3 is 2.70 bits per heavy atom. The van der Waals surface area contributed by atoms with E-state index < -0.39 is 0 Å². The van der Waals surface area contributed by atoms with Gasteiger partial charge in [-0.3, -0.25) is 4.99 Å². The molecule has 0 radical (unpaired) electrons. The molecule has 0 bridgehead atoms. The van der Waals surface area contributed by atoms with E-state index in [-0.39, 0.29) is 0 Å². The summed E-state index contributed by atoms with van der Waals surface area (Å²) >= 11 is 0. The average Bonchev–Trinajstić information content (AvgIpc) is 2.64. The van der Waals surface area contributed by atoms with Gasteiger partial charge in [-0.15, -0.1) is 0 Å². The van der Waals surface area contributed by atoms with E-state index in [1.54, 1.807) is 0 Å². The average molecular weight is 136 g/mol. The Balaban J connectivity index is 2.45. The molecule has 0 unspecified atom stereocenters. The van der Waals surface area contributed by atoms with Gasteiger partial charge < -0.3 is 5.73 Å². The molecule has 0 aromatic heterocycles. The zero-order valence-electron chi connectivity index (χ0n) is 6.33. The van der Waals surface area contributed by atoms with Crippen molar-refractivity contribution in [3.63, 3.8) is 0 Å². The second-order valence-corrected chi connectivity index (χ2v) is 2.67. The molecule has 2 nitrogen and oxygen atoms in total. The molecule has 0 saturated heterocycles. The summed E-state index contributed by atoms with van der Waals surface area (Å²) < 4.78 is 0. The molecule has 1 aliphatic heterocycles. The minimum absolute atomic E-state index is 0.426. The van der Waals surface area contributed by atoms with Gasteiger partial charge in [-0.1, -0.05) is 13.8 Å². The molecular formula is C8H12N2. The molecule has 1 rings (SSSR count). The van der Waals surface area contributed by atoms with Gasteiger partial charge in [-0.2, -0.15) is 0 Å². The first-order valence-corrected chi connectivity index (χ1v) is 3.41. The molecule has 0 saturated carbocycles. The van der Waals surface area contributed by atoms with E-state index >= 15 is 0 Å². The van der Waals surface area contributed by atoms with Gasteiger partial charge in [0.2, 0.25) is 0 Å². The summed E-state index contributed by atoms with van der Waals surface area (Å²) in [5.74, 6) is 0.426. The van der Waals surface area contributed by atoms with Gasteiger partial charge >= 0.3 is 0 Å². The lowest BCUT2D eigenvalue weighted by Gasteiger charge is -2.01. The summed E-state index contributed by atoms with van der Waals surface area (Å²) in [6, 6.07) is 0. The molecule has 0 aliphatic carbocycles. The highest BCUT2D eigenvalue weighted by molar-refractivity contribution is 5.92. The highest BCUT2D eigenvalue weighted by Crippen LogP contribution is 2.08. The number of nitrogens with zero attached hydrogens (tertiary/aromatic N) is 1. The van der Waals surface area contributed by atoms with Crippen LogP contribution in [0.15, 0.2) is 28.5 Å². The van der Waals surface area contributed by atoms with Gasteiger partial charge in [0.15, 0.2) is 0 Å². The first-order chi connectivity index (χ1) is 4.70. The lowest BCUT2D eigenvalue weighted by Crippen LogP contribution is -2.03. The van der Waals surface area contributed by atoms with Crippen LogP contribution in [0.4, 0.5) is 0 Å². The molecule has 2 N–H and O–H groups in total. The fourth-order valence-electron chi connectivity index (χ4n) is 0.497.